The van der Waals surface area contributed by atoms with E-state index in [2.05, 4.69) is 9.84 Å². The van der Waals surface area contributed by atoms with Crippen molar-refractivity contribution in [3.8, 4) is 0 Å². The molecule has 1 heterocycles. The van der Waals surface area contributed by atoms with E-state index in [9.17, 15) is 31.7 Å². The van der Waals surface area contributed by atoms with Gasteiger partial charge in [-0.2, -0.15) is 13.2 Å². The Kier molecular flexibility index (Phi) is 8.80. The Labute approximate surface area is 199 Å². The minimum absolute atomic E-state index is 0.00613. The van der Waals surface area contributed by atoms with E-state index < -0.39 is 62.7 Å². The molecule has 0 radical (unpaired) electrons. The molecule has 6 atom stereocenters. The van der Waals surface area contributed by atoms with Crippen LogP contribution in [0.2, 0.25) is 0 Å². The standard InChI is InChI=1S/C21H29F4N2O7P/c1-12-8-14(22)3-5-17(12)34-18-4-2-13(21(23,24)25)9-16(18)20(29)26-15-6-7-27(19(28)10-15)11-33-35(30,31)32/h6-7,10,12-14,16-18H,2-5,8-9,11H2,1H3,(H,26,29)(H2,30,31,32). The SMILES string of the molecule is CC1CC(F)CCC1OC1CCC(C(F)(F)F)CC1C(=O)Nc1ccn(COP(=O)(O)O)c(=O)c1. The van der Waals surface area contributed by atoms with E-state index in [1.165, 1.54) is 6.07 Å². The second-order valence-electron chi connectivity index (χ2n) is 9.22. The number of nitrogens with zero attached hydrogens (tertiary/aromatic N) is 1. The van der Waals surface area contributed by atoms with Gasteiger partial charge in [0.1, 0.15) is 12.9 Å². The molecular weight excluding hydrogens is 499 g/mol. The van der Waals surface area contributed by atoms with Gasteiger partial charge >= 0.3 is 14.0 Å². The molecule has 1 amide bonds. The van der Waals surface area contributed by atoms with Crippen molar-refractivity contribution in [3.05, 3.63) is 28.7 Å². The lowest BCUT2D eigenvalue weighted by molar-refractivity contribution is -0.199. The maximum absolute atomic E-state index is 13.7. The summed E-state index contributed by atoms with van der Waals surface area (Å²) >= 11 is 0. The number of halogens is 4. The Hall–Kier alpha value is -1.79. The van der Waals surface area contributed by atoms with Crippen LogP contribution in [-0.2, 0) is 25.4 Å². The van der Waals surface area contributed by atoms with Crippen molar-refractivity contribution >= 4 is 19.4 Å². The van der Waals surface area contributed by atoms with Crippen molar-refractivity contribution in [3.63, 3.8) is 0 Å². The number of aromatic nitrogens is 1. The molecule has 9 nitrogen and oxygen atoms in total. The van der Waals surface area contributed by atoms with E-state index in [0.717, 1.165) is 16.8 Å². The largest absolute Gasteiger partial charge is 0.471 e. The summed E-state index contributed by atoms with van der Waals surface area (Å²) in [5, 5.41) is 2.46. The van der Waals surface area contributed by atoms with Crippen molar-refractivity contribution in [2.75, 3.05) is 5.32 Å². The molecule has 2 aliphatic carbocycles. The average Bonchev–Trinajstić information content (AvgIpc) is 2.74. The first-order valence-electron chi connectivity index (χ1n) is 11.3. The lowest BCUT2D eigenvalue weighted by Crippen LogP contribution is -2.45. The van der Waals surface area contributed by atoms with Crippen LogP contribution in [0.4, 0.5) is 23.2 Å². The van der Waals surface area contributed by atoms with E-state index >= 15 is 0 Å². The van der Waals surface area contributed by atoms with Crippen LogP contribution in [0.25, 0.3) is 0 Å². The van der Waals surface area contributed by atoms with Gasteiger partial charge in [-0.3, -0.25) is 18.7 Å². The zero-order valence-corrected chi connectivity index (χ0v) is 19.9. The van der Waals surface area contributed by atoms with Gasteiger partial charge in [-0.15, -0.1) is 0 Å². The third-order valence-corrected chi connectivity index (χ3v) is 7.04. The van der Waals surface area contributed by atoms with Crippen LogP contribution < -0.4 is 10.9 Å². The highest BCUT2D eigenvalue weighted by Gasteiger charge is 2.48. The molecule has 3 N–H and O–H groups in total. The summed E-state index contributed by atoms with van der Waals surface area (Å²) < 4.78 is 75.9. The fourth-order valence-electron chi connectivity index (χ4n) is 4.67. The van der Waals surface area contributed by atoms with Crippen LogP contribution in [0.3, 0.4) is 0 Å². The maximum atomic E-state index is 13.7. The fourth-order valence-corrected chi connectivity index (χ4v) is 4.95. The molecule has 2 fully saturated rings. The summed E-state index contributed by atoms with van der Waals surface area (Å²) in [6, 6.07) is 2.22. The second-order valence-corrected chi connectivity index (χ2v) is 10.5. The molecule has 1 aromatic rings. The van der Waals surface area contributed by atoms with Crippen LogP contribution in [-0.4, -0.2) is 44.8 Å². The molecule has 0 spiro atoms. The summed E-state index contributed by atoms with van der Waals surface area (Å²) in [6.07, 6.45) is -5.05. The van der Waals surface area contributed by atoms with Gasteiger partial charge in [-0.05, 0) is 50.5 Å². The molecule has 3 rings (SSSR count). The number of phosphoric ester groups is 1. The first kappa shape index (κ1) is 27.8. The first-order chi connectivity index (χ1) is 16.2. The van der Waals surface area contributed by atoms with Crippen molar-refractivity contribution in [2.45, 2.75) is 76.7 Å². The molecule has 0 bridgehead atoms. The van der Waals surface area contributed by atoms with Crippen molar-refractivity contribution in [1.29, 1.82) is 0 Å². The molecule has 0 aliphatic heterocycles. The molecule has 0 aromatic carbocycles. The Balaban J connectivity index is 1.73. The minimum atomic E-state index is -4.81. The highest BCUT2D eigenvalue weighted by atomic mass is 31.2. The predicted molar refractivity (Wildman–Crippen MR) is 116 cm³/mol. The number of hydrogen-bond acceptors (Lipinski definition) is 5. The molecular formula is C21H29F4N2O7P. The van der Waals surface area contributed by atoms with Gasteiger partial charge in [0.05, 0.1) is 24.0 Å². The van der Waals surface area contributed by atoms with E-state index in [-0.39, 0.29) is 30.6 Å². The highest BCUT2D eigenvalue weighted by molar-refractivity contribution is 7.46. The Morgan fingerprint density at radius 3 is 2.49 bits per heavy atom. The monoisotopic (exact) mass is 528 g/mol. The molecule has 198 valence electrons. The van der Waals surface area contributed by atoms with Gasteiger partial charge in [-0.25, -0.2) is 8.96 Å². The number of phosphoric acid groups is 1. The van der Waals surface area contributed by atoms with Gasteiger partial charge in [0.15, 0.2) is 0 Å². The van der Waals surface area contributed by atoms with E-state index in [4.69, 9.17) is 14.5 Å². The van der Waals surface area contributed by atoms with Crippen LogP contribution in [0, 0.1) is 17.8 Å². The van der Waals surface area contributed by atoms with Gasteiger partial charge in [-0.1, -0.05) is 6.92 Å². The van der Waals surface area contributed by atoms with Gasteiger partial charge in [0, 0.05) is 18.0 Å². The third kappa shape index (κ3) is 7.85. The molecule has 1 aromatic heterocycles. The fraction of sp³-hybridized carbons (Fsp3) is 0.714. The number of amides is 1. The quantitative estimate of drug-likeness (QED) is 0.364. The summed E-state index contributed by atoms with van der Waals surface area (Å²) in [5.74, 6) is -3.67. The number of alkyl halides is 4. The number of carbonyl (C=O) groups excluding carboxylic acids is 1. The summed E-state index contributed by atoms with van der Waals surface area (Å²) in [7, 11) is -4.81. The van der Waals surface area contributed by atoms with E-state index in [0.29, 0.717) is 19.3 Å². The van der Waals surface area contributed by atoms with Gasteiger partial charge in [0.2, 0.25) is 5.91 Å². The second kappa shape index (κ2) is 11.1. The zero-order chi connectivity index (χ0) is 26.0. The summed E-state index contributed by atoms with van der Waals surface area (Å²) in [4.78, 5) is 42.7. The van der Waals surface area contributed by atoms with Crippen LogP contribution in [0.15, 0.2) is 23.1 Å². The van der Waals surface area contributed by atoms with Gasteiger partial charge < -0.3 is 19.8 Å². The Morgan fingerprint density at radius 1 is 1.20 bits per heavy atom. The Morgan fingerprint density at radius 2 is 1.89 bits per heavy atom. The number of ether oxygens (including phenoxy) is 1. The molecule has 0 saturated heterocycles. The zero-order valence-electron chi connectivity index (χ0n) is 19.0. The number of carbonyl (C=O) groups is 1. The minimum Gasteiger partial charge on any atom is -0.374 e. The van der Waals surface area contributed by atoms with E-state index in [1.54, 1.807) is 0 Å². The highest BCUT2D eigenvalue weighted by Crippen LogP contribution is 2.43. The van der Waals surface area contributed by atoms with Crippen LogP contribution in [0.1, 0.15) is 45.4 Å². The topological polar surface area (TPSA) is 127 Å². The van der Waals surface area contributed by atoms with Crippen molar-refractivity contribution in [1.82, 2.24) is 4.57 Å². The van der Waals surface area contributed by atoms with E-state index in [1.807, 2.05) is 6.92 Å². The predicted octanol–water partition coefficient (Wildman–Crippen LogP) is 3.74. The van der Waals surface area contributed by atoms with Crippen molar-refractivity contribution in [2.24, 2.45) is 17.8 Å². The third-order valence-electron chi connectivity index (χ3n) is 6.59. The molecule has 2 aliphatic rings. The molecule has 14 heteroatoms. The number of anilines is 1. The lowest BCUT2D eigenvalue weighted by Gasteiger charge is -2.40. The number of hydrogen-bond donors (Lipinski definition) is 3. The summed E-state index contributed by atoms with van der Waals surface area (Å²) in [5.41, 5.74) is -0.746. The number of nitrogens with one attached hydrogen (secondary N) is 1. The number of pyridine rings is 1. The smallest absolute Gasteiger partial charge is 0.374 e. The van der Waals surface area contributed by atoms with Crippen LogP contribution in [0.5, 0.6) is 0 Å². The first-order valence-corrected chi connectivity index (χ1v) is 12.8. The van der Waals surface area contributed by atoms with Crippen LogP contribution >= 0.6 is 7.82 Å². The average molecular weight is 528 g/mol. The van der Waals surface area contributed by atoms with Crippen molar-refractivity contribution < 1.29 is 46.0 Å². The maximum Gasteiger partial charge on any atom is 0.471 e. The normalized spacial score (nSPS) is 30.1. The molecule has 6 unspecified atom stereocenters. The molecule has 35 heavy (non-hydrogen) atoms. The molecule has 2 saturated carbocycles. The summed E-state index contributed by atoms with van der Waals surface area (Å²) in [6.45, 7) is 1.08. The number of rotatable bonds is 7. The Bertz CT molecular complexity index is 999. The lowest BCUT2D eigenvalue weighted by atomic mass is 9.77. The van der Waals surface area contributed by atoms with Gasteiger partial charge in [0.25, 0.3) is 5.56 Å².